The van der Waals surface area contributed by atoms with Crippen LogP contribution in [0.2, 0.25) is 0 Å². The van der Waals surface area contributed by atoms with E-state index in [0.29, 0.717) is 22.9 Å². The molecule has 1 fully saturated rings. The molecular formula is C15H22N2O2. The number of amides is 1. The number of ether oxygens (including phenoxy) is 1. The predicted octanol–water partition coefficient (Wildman–Crippen LogP) is 2.59. The second-order valence-electron chi connectivity index (χ2n) is 5.30. The van der Waals surface area contributed by atoms with Crippen LogP contribution in [0, 0.1) is 5.92 Å². The van der Waals surface area contributed by atoms with E-state index in [0.717, 1.165) is 6.42 Å². The molecule has 1 aromatic carbocycles. The summed E-state index contributed by atoms with van der Waals surface area (Å²) in [5, 5.41) is 3.11. The first-order valence-electron chi connectivity index (χ1n) is 6.86. The molecule has 2 rings (SSSR count). The molecule has 2 atom stereocenters. The smallest absolute Gasteiger partial charge is 0.251 e. The highest BCUT2D eigenvalue weighted by molar-refractivity contribution is 5.95. The summed E-state index contributed by atoms with van der Waals surface area (Å²) in [7, 11) is 1.56. The average Bonchev–Trinajstić information content (AvgIpc) is 2.41. The number of hydrogen-bond donors (Lipinski definition) is 2. The lowest BCUT2D eigenvalue weighted by molar-refractivity contribution is 0.0910. The zero-order chi connectivity index (χ0) is 13.8. The van der Waals surface area contributed by atoms with Gasteiger partial charge in [0.25, 0.3) is 5.91 Å². The van der Waals surface area contributed by atoms with Crippen LogP contribution in [0.3, 0.4) is 0 Å². The molecule has 4 nitrogen and oxygen atoms in total. The summed E-state index contributed by atoms with van der Waals surface area (Å²) in [6.07, 6.45) is 4.72. The van der Waals surface area contributed by atoms with Crippen molar-refractivity contribution in [3.05, 3.63) is 23.8 Å². The Balaban J connectivity index is 2.05. The van der Waals surface area contributed by atoms with Gasteiger partial charge >= 0.3 is 0 Å². The van der Waals surface area contributed by atoms with E-state index in [1.165, 1.54) is 19.3 Å². The summed E-state index contributed by atoms with van der Waals surface area (Å²) in [6, 6.07) is 5.43. The Morgan fingerprint density at radius 3 is 2.74 bits per heavy atom. The van der Waals surface area contributed by atoms with Crippen LogP contribution < -0.4 is 15.8 Å². The van der Waals surface area contributed by atoms with E-state index in [1.807, 2.05) is 0 Å². The molecule has 0 radical (unpaired) electrons. The minimum atomic E-state index is -0.0481. The van der Waals surface area contributed by atoms with Crippen molar-refractivity contribution in [2.45, 2.75) is 38.6 Å². The van der Waals surface area contributed by atoms with Crippen LogP contribution in [0.15, 0.2) is 18.2 Å². The van der Waals surface area contributed by atoms with Crippen molar-refractivity contribution in [3.8, 4) is 5.75 Å². The van der Waals surface area contributed by atoms with Gasteiger partial charge in [0.2, 0.25) is 0 Å². The van der Waals surface area contributed by atoms with Gasteiger partial charge in [-0.05, 0) is 37.0 Å². The minimum Gasteiger partial charge on any atom is -0.495 e. The summed E-state index contributed by atoms with van der Waals surface area (Å²) < 4.78 is 5.09. The number of carbonyl (C=O) groups is 1. The lowest BCUT2D eigenvalue weighted by atomic mass is 9.86. The summed E-state index contributed by atoms with van der Waals surface area (Å²) in [4.78, 5) is 12.2. The van der Waals surface area contributed by atoms with Crippen molar-refractivity contribution in [2.24, 2.45) is 5.92 Å². The molecular weight excluding hydrogens is 240 g/mol. The van der Waals surface area contributed by atoms with Crippen LogP contribution in [0.5, 0.6) is 5.75 Å². The third kappa shape index (κ3) is 3.19. The Morgan fingerprint density at radius 1 is 1.37 bits per heavy atom. The minimum absolute atomic E-state index is 0.0481. The molecule has 0 aromatic heterocycles. The van der Waals surface area contributed by atoms with Crippen LogP contribution in [0.25, 0.3) is 0 Å². The monoisotopic (exact) mass is 262 g/mol. The summed E-state index contributed by atoms with van der Waals surface area (Å²) in [5.41, 5.74) is 6.91. The molecule has 1 saturated carbocycles. The highest BCUT2D eigenvalue weighted by Crippen LogP contribution is 2.25. The summed E-state index contributed by atoms with van der Waals surface area (Å²) in [6.45, 7) is 2.20. The van der Waals surface area contributed by atoms with Gasteiger partial charge in [0.1, 0.15) is 5.75 Å². The number of hydrogen-bond acceptors (Lipinski definition) is 3. The van der Waals surface area contributed by atoms with E-state index in [4.69, 9.17) is 10.5 Å². The van der Waals surface area contributed by atoms with E-state index in [1.54, 1.807) is 25.3 Å². The van der Waals surface area contributed by atoms with Crippen molar-refractivity contribution < 1.29 is 9.53 Å². The Labute approximate surface area is 114 Å². The standard InChI is InChI=1S/C15H22N2O2/c1-10-5-3-4-6-13(10)17-15(18)11-7-8-14(19-2)12(16)9-11/h7-10,13H,3-6,16H2,1-2H3,(H,17,18). The van der Waals surface area contributed by atoms with E-state index in [9.17, 15) is 4.79 Å². The van der Waals surface area contributed by atoms with Gasteiger partial charge in [0, 0.05) is 11.6 Å². The third-order valence-corrected chi connectivity index (χ3v) is 3.92. The van der Waals surface area contributed by atoms with Gasteiger partial charge in [0.05, 0.1) is 12.8 Å². The molecule has 1 aliphatic rings. The van der Waals surface area contributed by atoms with Crippen LogP contribution >= 0.6 is 0 Å². The fourth-order valence-electron chi connectivity index (χ4n) is 2.66. The maximum atomic E-state index is 12.2. The quantitative estimate of drug-likeness (QED) is 0.823. The second-order valence-corrected chi connectivity index (χ2v) is 5.30. The maximum absolute atomic E-state index is 12.2. The van der Waals surface area contributed by atoms with Gasteiger partial charge in [-0.1, -0.05) is 19.8 Å². The van der Waals surface area contributed by atoms with Crippen LogP contribution in [-0.4, -0.2) is 19.1 Å². The van der Waals surface area contributed by atoms with Crippen LogP contribution in [0.1, 0.15) is 43.0 Å². The molecule has 2 unspecified atom stereocenters. The fourth-order valence-corrected chi connectivity index (χ4v) is 2.66. The van der Waals surface area contributed by atoms with E-state index in [2.05, 4.69) is 12.2 Å². The van der Waals surface area contributed by atoms with Crippen molar-refractivity contribution in [3.63, 3.8) is 0 Å². The highest BCUT2D eigenvalue weighted by Gasteiger charge is 2.23. The number of benzene rings is 1. The first-order chi connectivity index (χ1) is 9.11. The number of rotatable bonds is 3. The van der Waals surface area contributed by atoms with Gasteiger partial charge in [-0.3, -0.25) is 4.79 Å². The highest BCUT2D eigenvalue weighted by atomic mass is 16.5. The molecule has 0 spiro atoms. The maximum Gasteiger partial charge on any atom is 0.251 e. The Morgan fingerprint density at radius 2 is 2.11 bits per heavy atom. The Kier molecular flexibility index (Phi) is 4.30. The number of methoxy groups -OCH3 is 1. The van der Waals surface area contributed by atoms with Gasteiger partial charge in [-0.15, -0.1) is 0 Å². The normalized spacial score (nSPS) is 22.8. The SMILES string of the molecule is COc1ccc(C(=O)NC2CCCCC2C)cc1N. The molecule has 3 N–H and O–H groups in total. The molecule has 1 aromatic rings. The lowest BCUT2D eigenvalue weighted by Gasteiger charge is -2.29. The number of carbonyl (C=O) groups excluding carboxylic acids is 1. The molecule has 0 aliphatic heterocycles. The summed E-state index contributed by atoms with van der Waals surface area (Å²) >= 11 is 0. The van der Waals surface area contributed by atoms with Crippen molar-refractivity contribution in [1.29, 1.82) is 0 Å². The molecule has 0 saturated heterocycles. The van der Waals surface area contributed by atoms with E-state index in [-0.39, 0.29) is 11.9 Å². The van der Waals surface area contributed by atoms with Gasteiger partial charge in [-0.2, -0.15) is 0 Å². The molecule has 4 heteroatoms. The van der Waals surface area contributed by atoms with E-state index >= 15 is 0 Å². The first-order valence-corrected chi connectivity index (χ1v) is 6.86. The summed E-state index contributed by atoms with van der Waals surface area (Å²) in [5.74, 6) is 1.10. The van der Waals surface area contributed by atoms with Crippen molar-refractivity contribution >= 4 is 11.6 Å². The fraction of sp³-hybridized carbons (Fsp3) is 0.533. The predicted molar refractivity (Wildman–Crippen MR) is 76.3 cm³/mol. The first kappa shape index (κ1) is 13.7. The van der Waals surface area contributed by atoms with Gasteiger partial charge < -0.3 is 15.8 Å². The topological polar surface area (TPSA) is 64.3 Å². The molecule has 1 aliphatic carbocycles. The third-order valence-electron chi connectivity index (χ3n) is 3.92. The lowest BCUT2D eigenvalue weighted by Crippen LogP contribution is -2.41. The number of nitrogens with one attached hydrogen (secondary N) is 1. The Hall–Kier alpha value is -1.71. The number of nitrogens with two attached hydrogens (primary N) is 1. The van der Waals surface area contributed by atoms with Gasteiger partial charge in [-0.25, -0.2) is 0 Å². The van der Waals surface area contributed by atoms with E-state index < -0.39 is 0 Å². The van der Waals surface area contributed by atoms with Crippen molar-refractivity contribution in [2.75, 3.05) is 12.8 Å². The molecule has 1 amide bonds. The molecule has 0 heterocycles. The zero-order valence-electron chi connectivity index (χ0n) is 11.6. The van der Waals surface area contributed by atoms with Crippen LogP contribution in [0.4, 0.5) is 5.69 Å². The van der Waals surface area contributed by atoms with Gasteiger partial charge in [0.15, 0.2) is 0 Å². The number of anilines is 1. The zero-order valence-corrected chi connectivity index (χ0v) is 11.6. The molecule has 0 bridgehead atoms. The second kappa shape index (κ2) is 5.95. The average molecular weight is 262 g/mol. The van der Waals surface area contributed by atoms with Crippen LogP contribution in [-0.2, 0) is 0 Å². The molecule has 19 heavy (non-hydrogen) atoms. The largest absolute Gasteiger partial charge is 0.495 e. The number of nitrogen functional groups attached to an aromatic ring is 1. The molecule has 104 valence electrons. The van der Waals surface area contributed by atoms with Crippen molar-refractivity contribution in [1.82, 2.24) is 5.32 Å². The Bertz CT molecular complexity index is 459.